The highest BCUT2D eigenvalue weighted by molar-refractivity contribution is 5.92. The molecule has 1 heterocycles. The minimum absolute atomic E-state index is 0.145. The molecule has 7 heteroatoms. The van der Waals surface area contributed by atoms with Crippen molar-refractivity contribution < 1.29 is 31.1 Å². The van der Waals surface area contributed by atoms with Gasteiger partial charge in [-0.15, -0.1) is 0 Å². The minimum Gasteiger partial charge on any atom is -0.497 e. The van der Waals surface area contributed by atoms with Gasteiger partial charge in [-0.05, 0) is 57.7 Å². The molecule has 0 bridgehead atoms. The van der Waals surface area contributed by atoms with Crippen LogP contribution in [0.3, 0.4) is 0 Å². The van der Waals surface area contributed by atoms with Crippen LogP contribution in [0.5, 0.6) is 5.75 Å². The van der Waals surface area contributed by atoms with Gasteiger partial charge in [0.1, 0.15) is 11.6 Å². The van der Waals surface area contributed by atoms with Gasteiger partial charge in [-0.2, -0.15) is 0 Å². The summed E-state index contributed by atoms with van der Waals surface area (Å²) in [4.78, 5) is 27.1. The van der Waals surface area contributed by atoms with Gasteiger partial charge in [0.05, 0.1) is 13.7 Å². The first-order valence-electron chi connectivity index (χ1n) is 14.0. The van der Waals surface area contributed by atoms with E-state index in [4.69, 9.17) is 17.1 Å². The third-order valence-corrected chi connectivity index (χ3v) is 5.60. The molecule has 1 spiro atoms. The van der Waals surface area contributed by atoms with Gasteiger partial charge in [-0.1, -0.05) is 0 Å². The molecular weight excluding hydrogens is 373 g/mol. The lowest BCUT2D eigenvalue weighted by Crippen LogP contribution is -2.60. The molecule has 1 aliphatic heterocycles. The molecule has 3 rings (SSSR count). The van der Waals surface area contributed by atoms with E-state index in [0.717, 1.165) is 0 Å². The van der Waals surface area contributed by atoms with Crippen molar-refractivity contribution in [3.63, 3.8) is 0 Å². The van der Waals surface area contributed by atoms with E-state index in [0.29, 0.717) is 44.5 Å². The Kier molecular flexibility index (Phi) is 3.59. The summed E-state index contributed by atoms with van der Waals surface area (Å²) >= 11 is 0. The highest BCUT2D eigenvalue weighted by atomic mass is 19.1. The van der Waals surface area contributed by atoms with E-state index in [2.05, 4.69) is 5.32 Å². The number of amides is 2. The van der Waals surface area contributed by atoms with Gasteiger partial charge in [0.25, 0.3) is 0 Å². The minimum atomic E-state index is -3.51. The molecule has 0 radical (unpaired) electrons. The summed E-state index contributed by atoms with van der Waals surface area (Å²) in [6, 6.07) is 3.94. The van der Waals surface area contributed by atoms with Crippen molar-refractivity contribution in [3.8, 4) is 5.75 Å². The normalized spacial score (nSPS) is 25.4. The summed E-state index contributed by atoms with van der Waals surface area (Å²) in [6.45, 7) is -9.94. The second-order valence-corrected chi connectivity index (χ2v) is 8.09. The van der Waals surface area contributed by atoms with Gasteiger partial charge in [-0.3, -0.25) is 14.5 Å². The average Bonchev–Trinajstić information content (AvgIpc) is 2.73. The van der Waals surface area contributed by atoms with E-state index in [1.807, 2.05) is 5.32 Å². The van der Waals surface area contributed by atoms with E-state index >= 15 is 0 Å². The molecule has 0 aromatic heterocycles. The highest BCUT2D eigenvalue weighted by Gasteiger charge is 2.46. The van der Waals surface area contributed by atoms with Crippen LogP contribution in [0, 0.1) is 17.2 Å². The zero-order chi connectivity index (χ0) is 28.7. The van der Waals surface area contributed by atoms with Crippen molar-refractivity contribution in [1.82, 2.24) is 10.2 Å². The van der Waals surface area contributed by atoms with Crippen LogP contribution in [0.4, 0.5) is 10.1 Å². The number of halogens is 1. The summed E-state index contributed by atoms with van der Waals surface area (Å²) in [5.74, 6) is -1.74. The number of methoxy groups -OCH3 is 1. The van der Waals surface area contributed by atoms with Crippen molar-refractivity contribution in [2.45, 2.75) is 51.8 Å². The number of ether oxygens (including phenoxy) is 1. The number of carbonyl (C=O) groups excluding carboxylic acids is 2. The molecule has 160 valence electrons. The molecule has 6 nitrogen and oxygen atoms in total. The summed E-state index contributed by atoms with van der Waals surface area (Å²) in [6.07, 6.45) is 2.55. The zero-order valence-corrected chi connectivity index (χ0v) is 16.3. The molecule has 1 aromatic rings. The lowest BCUT2D eigenvalue weighted by atomic mass is 9.65. The van der Waals surface area contributed by atoms with Crippen LogP contribution in [-0.4, -0.2) is 49.0 Å². The molecule has 2 N–H and O–H groups in total. The van der Waals surface area contributed by atoms with Gasteiger partial charge < -0.3 is 15.4 Å². The molecule has 29 heavy (non-hydrogen) atoms. The third kappa shape index (κ3) is 5.69. The summed E-state index contributed by atoms with van der Waals surface area (Å²) in [5, 5.41) is 4.56. The maximum atomic E-state index is 13.7. The van der Waals surface area contributed by atoms with Crippen molar-refractivity contribution >= 4 is 17.5 Å². The predicted octanol–water partition coefficient (Wildman–Crippen LogP) is 3.18. The number of rotatable bonds is 5. The number of anilines is 1. The van der Waals surface area contributed by atoms with E-state index in [1.54, 1.807) is 4.90 Å². The van der Waals surface area contributed by atoms with Gasteiger partial charge >= 0.3 is 0 Å². The SMILES string of the molecule is [2H]C([2H])([2H])C(NC(=O)CN1CC2(CCC(C(=O)Nc3cc(F)cc(OC)c3)CC2)C1)(C([2H])([2H])[2H])C([2H])([2H])[2H]. The van der Waals surface area contributed by atoms with Crippen molar-refractivity contribution in [2.24, 2.45) is 11.3 Å². The Hall–Kier alpha value is -2.15. The number of likely N-dealkylation sites (tertiary alicyclic amines) is 1. The molecule has 0 atom stereocenters. The Morgan fingerprint density at radius 3 is 2.59 bits per heavy atom. The molecule has 1 saturated carbocycles. The Morgan fingerprint density at radius 1 is 1.28 bits per heavy atom. The van der Waals surface area contributed by atoms with Crippen molar-refractivity contribution in [2.75, 3.05) is 32.1 Å². The maximum Gasteiger partial charge on any atom is 0.234 e. The molecule has 1 aromatic carbocycles. The number of hydrogen-bond acceptors (Lipinski definition) is 4. The fourth-order valence-electron chi connectivity index (χ4n) is 4.27. The topological polar surface area (TPSA) is 70.7 Å². The summed E-state index contributed by atoms with van der Waals surface area (Å²) in [5.41, 5.74) is -3.24. The van der Waals surface area contributed by atoms with E-state index in [9.17, 15) is 14.0 Å². The lowest BCUT2D eigenvalue weighted by Gasteiger charge is -2.53. The Morgan fingerprint density at radius 2 is 1.97 bits per heavy atom. The highest BCUT2D eigenvalue weighted by Crippen LogP contribution is 2.45. The summed E-state index contributed by atoms with van der Waals surface area (Å²) < 4.78 is 87.3. The van der Waals surface area contributed by atoms with Gasteiger partial charge in [0.2, 0.25) is 11.8 Å². The van der Waals surface area contributed by atoms with E-state index < -0.39 is 37.8 Å². The Labute approximate surface area is 184 Å². The third-order valence-electron chi connectivity index (χ3n) is 5.60. The molecular formula is C22H32FN3O3. The Bertz CT molecular complexity index is 1010. The first-order chi connectivity index (χ1) is 17.3. The average molecular weight is 415 g/mol. The van der Waals surface area contributed by atoms with Gasteiger partial charge in [0.15, 0.2) is 0 Å². The van der Waals surface area contributed by atoms with Crippen LogP contribution in [-0.2, 0) is 9.59 Å². The number of hydrogen-bond donors (Lipinski definition) is 2. The number of carbonyl (C=O) groups is 2. The predicted molar refractivity (Wildman–Crippen MR) is 110 cm³/mol. The zero-order valence-electron chi connectivity index (χ0n) is 25.3. The van der Waals surface area contributed by atoms with E-state index in [-0.39, 0.29) is 29.5 Å². The van der Waals surface area contributed by atoms with Crippen molar-refractivity contribution in [3.05, 3.63) is 24.0 Å². The summed E-state index contributed by atoms with van der Waals surface area (Å²) in [7, 11) is 1.40. The van der Waals surface area contributed by atoms with Gasteiger partial charge in [-0.25, -0.2) is 4.39 Å². The molecule has 2 amide bonds. The standard InChI is InChI=1S/C22H32FN3O3/c1-21(2,3)25-19(27)12-26-13-22(14-26)7-5-15(6-8-22)20(28)24-17-9-16(23)10-18(11-17)29-4/h9-11,15H,5-8,12-14H2,1-4H3,(H,24,28)(H,25,27)/i1D3,2D3,3D3. The smallest absolute Gasteiger partial charge is 0.234 e. The van der Waals surface area contributed by atoms with Crippen LogP contribution in [0.1, 0.15) is 58.6 Å². The second kappa shape index (κ2) is 8.30. The maximum absolute atomic E-state index is 13.7. The van der Waals surface area contributed by atoms with Crippen LogP contribution in [0.2, 0.25) is 0 Å². The molecule has 0 unspecified atom stereocenters. The molecule has 1 saturated heterocycles. The molecule has 1 aliphatic carbocycles. The first-order valence-corrected chi connectivity index (χ1v) is 9.51. The quantitative estimate of drug-likeness (QED) is 0.776. The molecule has 2 fully saturated rings. The monoisotopic (exact) mass is 414 g/mol. The largest absolute Gasteiger partial charge is 0.497 e. The lowest BCUT2D eigenvalue weighted by molar-refractivity contribution is -0.129. The second-order valence-electron chi connectivity index (χ2n) is 8.09. The number of benzene rings is 1. The van der Waals surface area contributed by atoms with Crippen LogP contribution < -0.4 is 15.4 Å². The molecule has 2 aliphatic rings. The van der Waals surface area contributed by atoms with Crippen LogP contribution >= 0.6 is 0 Å². The Balaban J connectivity index is 1.55. The number of nitrogens with one attached hydrogen (secondary N) is 2. The fraction of sp³-hybridized carbons (Fsp3) is 0.636. The van der Waals surface area contributed by atoms with Crippen LogP contribution in [0.25, 0.3) is 0 Å². The number of nitrogens with zero attached hydrogens (tertiary/aromatic N) is 1. The van der Waals surface area contributed by atoms with Crippen molar-refractivity contribution in [1.29, 1.82) is 0 Å². The van der Waals surface area contributed by atoms with E-state index in [1.165, 1.54) is 25.3 Å². The van der Waals surface area contributed by atoms with Gasteiger partial charge in [0, 0.05) is 54.7 Å². The first kappa shape index (κ1) is 12.5. The fourth-order valence-corrected chi connectivity index (χ4v) is 4.27. The van der Waals surface area contributed by atoms with Crippen LogP contribution in [0.15, 0.2) is 18.2 Å².